The Labute approximate surface area is 96.0 Å². The van der Waals surface area contributed by atoms with E-state index in [1.807, 2.05) is 7.05 Å². The van der Waals surface area contributed by atoms with Crippen LogP contribution >= 0.6 is 0 Å². The second-order valence-electron chi connectivity index (χ2n) is 3.58. The van der Waals surface area contributed by atoms with Crippen LogP contribution in [0.15, 0.2) is 6.20 Å². The molecule has 5 heteroatoms. The van der Waals surface area contributed by atoms with Crippen LogP contribution in [0.4, 0.5) is 0 Å². The van der Waals surface area contributed by atoms with Crippen LogP contribution in [0.1, 0.15) is 29.9 Å². The van der Waals surface area contributed by atoms with Gasteiger partial charge in [0.2, 0.25) is 0 Å². The van der Waals surface area contributed by atoms with Crippen molar-refractivity contribution in [3.8, 4) is 0 Å². The van der Waals surface area contributed by atoms with E-state index in [-0.39, 0.29) is 5.97 Å². The molecule has 0 aliphatic carbocycles. The first-order chi connectivity index (χ1) is 7.63. The summed E-state index contributed by atoms with van der Waals surface area (Å²) >= 11 is 0. The van der Waals surface area contributed by atoms with Gasteiger partial charge in [-0.25, -0.2) is 4.79 Å². The zero-order valence-electron chi connectivity index (χ0n) is 10.4. The molecule has 0 radical (unpaired) electrons. The number of aryl methyl sites for hydroxylation is 1. The highest BCUT2D eigenvalue weighted by Crippen LogP contribution is 2.11. The molecule has 0 bridgehead atoms. The van der Waals surface area contributed by atoms with Gasteiger partial charge in [0, 0.05) is 13.6 Å². The number of esters is 1. The summed E-state index contributed by atoms with van der Waals surface area (Å²) < 4.78 is 6.46. The van der Waals surface area contributed by atoms with Crippen molar-refractivity contribution in [2.45, 2.75) is 20.4 Å². The van der Waals surface area contributed by atoms with Crippen LogP contribution in [0.2, 0.25) is 0 Å². The van der Waals surface area contributed by atoms with Gasteiger partial charge in [0.25, 0.3) is 0 Å². The maximum absolute atomic E-state index is 11.5. The molecule has 1 rings (SSSR count). The van der Waals surface area contributed by atoms with Gasteiger partial charge in [-0.05, 0) is 13.1 Å². The van der Waals surface area contributed by atoms with E-state index in [1.54, 1.807) is 10.9 Å². The van der Waals surface area contributed by atoms with Crippen LogP contribution in [0.5, 0.6) is 0 Å². The Kier molecular flexibility index (Phi) is 4.49. The quantitative estimate of drug-likeness (QED) is 0.703. The number of aromatic nitrogens is 2. The van der Waals surface area contributed by atoms with E-state index in [0.29, 0.717) is 12.1 Å². The molecular formula is C11H19N3O2. The van der Waals surface area contributed by atoms with E-state index in [9.17, 15) is 4.79 Å². The Morgan fingerprint density at radius 1 is 1.50 bits per heavy atom. The maximum atomic E-state index is 11.5. The fraction of sp³-hybridized carbons (Fsp3) is 0.636. The van der Waals surface area contributed by atoms with Crippen molar-refractivity contribution in [1.29, 1.82) is 0 Å². The standard InChI is InChI=1S/C11H19N3O2/c1-5-14(6-2)8-10-9(11(15)16-4)7-12-13(10)3/h7H,5-6,8H2,1-4H3. The first kappa shape index (κ1) is 12.7. The Balaban J connectivity index is 2.93. The van der Waals surface area contributed by atoms with Gasteiger partial charge in [0.1, 0.15) is 5.56 Å². The second kappa shape index (κ2) is 5.65. The Morgan fingerprint density at radius 3 is 2.62 bits per heavy atom. The molecule has 0 aliphatic heterocycles. The van der Waals surface area contributed by atoms with E-state index < -0.39 is 0 Å². The van der Waals surface area contributed by atoms with Crippen molar-refractivity contribution in [1.82, 2.24) is 14.7 Å². The lowest BCUT2D eigenvalue weighted by Gasteiger charge is -2.18. The number of rotatable bonds is 5. The third kappa shape index (κ3) is 2.61. The van der Waals surface area contributed by atoms with Gasteiger partial charge in [-0.3, -0.25) is 9.58 Å². The van der Waals surface area contributed by atoms with Gasteiger partial charge in [-0.2, -0.15) is 5.10 Å². The van der Waals surface area contributed by atoms with Crippen LogP contribution in [0.25, 0.3) is 0 Å². The molecule has 0 aliphatic rings. The molecule has 16 heavy (non-hydrogen) atoms. The number of methoxy groups -OCH3 is 1. The topological polar surface area (TPSA) is 47.4 Å². The number of ether oxygens (including phenoxy) is 1. The summed E-state index contributed by atoms with van der Waals surface area (Å²) in [4.78, 5) is 13.7. The lowest BCUT2D eigenvalue weighted by molar-refractivity contribution is 0.0598. The fourth-order valence-electron chi connectivity index (χ4n) is 1.59. The van der Waals surface area contributed by atoms with Crippen molar-refractivity contribution in [3.63, 3.8) is 0 Å². The zero-order chi connectivity index (χ0) is 12.1. The highest BCUT2D eigenvalue weighted by Gasteiger charge is 2.17. The predicted molar refractivity (Wildman–Crippen MR) is 61.2 cm³/mol. The van der Waals surface area contributed by atoms with Gasteiger partial charge in [0.15, 0.2) is 0 Å². The molecule has 1 aromatic heterocycles. The molecule has 0 saturated heterocycles. The van der Waals surface area contributed by atoms with Gasteiger partial charge in [-0.1, -0.05) is 13.8 Å². The third-order valence-corrected chi connectivity index (χ3v) is 2.73. The van der Waals surface area contributed by atoms with Crippen LogP contribution in [0, 0.1) is 0 Å². The number of carbonyl (C=O) groups is 1. The minimum Gasteiger partial charge on any atom is -0.465 e. The molecular weight excluding hydrogens is 206 g/mol. The largest absolute Gasteiger partial charge is 0.465 e. The SMILES string of the molecule is CCN(CC)Cc1c(C(=O)OC)cnn1C. The van der Waals surface area contributed by atoms with Crippen LogP contribution < -0.4 is 0 Å². The molecule has 0 amide bonds. The van der Waals surface area contributed by atoms with Crippen LogP contribution in [0.3, 0.4) is 0 Å². The molecule has 1 heterocycles. The summed E-state index contributed by atoms with van der Waals surface area (Å²) in [6, 6.07) is 0. The molecule has 90 valence electrons. The minimum atomic E-state index is -0.324. The molecule has 0 saturated carbocycles. The summed E-state index contributed by atoms with van der Waals surface area (Å²) in [6.07, 6.45) is 1.56. The Bertz CT molecular complexity index is 356. The third-order valence-electron chi connectivity index (χ3n) is 2.73. The summed E-state index contributed by atoms with van der Waals surface area (Å²) in [7, 11) is 3.22. The second-order valence-corrected chi connectivity index (χ2v) is 3.58. The predicted octanol–water partition coefficient (Wildman–Crippen LogP) is 1.05. The summed E-state index contributed by atoms with van der Waals surface area (Å²) in [6.45, 7) is 6.80. The Morgan fingerprint density at radius 2 is 2.12 bits per heavy atom. The van der Waals surface area contributed by atoms with Gasteiger partial charge in [-0.15, -0.1) is 0 Å². The van der Waals surface area contributed by atoms with Crippen molar-refractivity contribution in [2.75, 3.05) is 20.2 Å². The van der Waals surface area contributed by atoms with Crippen molar-refractivity contribution < 1.29 is 9.53 Å². The van der Waals surface area contributed by atoms with Crippen molar-refractivity contribution >= 4 is 5.97 Å². The lowest BCUT2D eigenvalue weighted by Crippen LogP contribution is -2.25. The summed E-state index contributed by atoms with van der Waals surface area (Å²) in [5, 5.41) is 4.10. The number of hydrogen-bond donors (Lipinski definition) is 0. The zero-order valence-corrected chi connectivity index (χ0v) is 10.4. The first-order valence-corrected chi connectivity index (χ1v) is 5.45. The maximum Gasteiger partial charge on any atom is 0.341 e. The monoisotopic (exact) mass is 225 g/mol. The average Bonchev–Trinajstić information content (AvgIpc) is 2.66. The normalized spacial score (nSPS) is 10.8. The van der Waals surface area contributed by atoms with Crippen LogP contribution in [-0.4, -0.2) is 40.8 Å². The number of carbonyl (C=O) groups excluding carboxylic acids is 1. The molecule has 5 nitrogen and oxygen atoms in total. The van der Waals surface area contributed by atoms with Crippen molar-refractivity contribution in [2.24, 2.45) is 7.05 Å². The number of nitrogens with zero attached hydrogens (tertiary/aromatic N) is 3. The average molecular weight is 225 g/mol. The molecule has 0 aromatic carbocycles. The van der Waals surface area contributed by atoms with Crippen molar-refractivity contribution in [3.05, 3.63) is 17.5 Å². The van der Waals surface area contributed by atoms with E-state index >= 15 is 0 Å². The van der Waals surface area contributed by atoms with E-state index in [0.717, 1.165) is 18.8 Å². The lowest BCUT2D eigenvalue weighted by atomic mass is 10.2. The van der Waals surface area contributed by atoms with Crippen LogP contribution in [-0.2, 0) is 18.3 Å². The van der Waals surface area contributed by atoms with Gasteiger partial charge < -0.3 is 4.74 Å². The highest BCUT2D eigenvalue weighted by atomic mass is 16.5. The molecule has 0 atom stereocenters. The summed E-state index contributed by atoms with van der Waals surface area (Å²) in [5.74, 6) is -0.324. The fourth-order valence-corrected chi connectivity index (χ4v) is 1.59. The first-order valence-electron chi connectivity index (χ1n) is 5.45. The smallest absolute Gasteiger partial charge is 0.341 e. The molecule has 0 N–H and O–H groups in total. The molecule has 1 aromatic rings. The van der Waals surface area contributed by atoms with E-state index in [2.05, 4.69) is 23.8 Å². The highest BCUT2D eigenvalue weighted by molar-refractivity contribution is 5.90. The van der Waals surface area contributed by atoms with Gasteiger partial charge in [0.05, 0.1) is 19.0 Å². The molecule has 0 fully saturated rings. The minimum absolute atomic E-state index is 0.324. The summed E-state index contributed by atoms with van der Waals surface area (Å²) in [5.41, 5.74) is 1.45. The van der Waals surface area contributed by atoms with E-state index in [1.165, 1.54) is 7.11 Å². The Hall–Kier alpha value is -1.36. The molecule has 0 spiro atoms. The van der Waals surface area contributed by atoms with E-state index in [4.69, 9.17) is 4.74 Å². The molecule has 0 unspecified atom stereocenters. The number of hydrogen-bond acceptors (Lipinski definition) is 4. The van der Waals surface area contributed by atoms with Gasteiger partial charge >= 0.3 is 5.97 Å².